The molecule has 0 aromatic heterocycles. The number of carbonyl (C=O) groups excluding carboxylic acids is 2. The third kappa shape index (κ3) is 4.57. The van der Waals surface area contributed by atoms with Gasteiger partial charge in [-0.1, -0.05) is 42.5 Å². The van der Waals surface area contributed by atoms with Gasteiger partial charge < -0.3 is 15.4 Å². The van der Waals surface area contributed by atoms with Crippen molar-refractivity contribution in [2.75, 3.05) is 17.7 Å². The molecule has 28 heavy (non-hydrogen) atoms. The first-order chi connectivity index (χ1) is 13.6. The third-order valence-electron chi connectivity index (χ3n) is 4.44. The Kier molecular flexibility index (Phi) is 6.07. The van der Waals surface area contributed by atoms with Gasteiger partial charge in [-0.2, -0.15) is 0 Å². The average molecular weight is 374 g/mol. The summed E-state index contributed by atoms with van der Waals surface area (Å²) >= 11 is 0. The maximum atomic E-state index is 12.5. The van der Waals surface area contributed by atoms with Crippen LogP contribution in [0.5, 0.6) is 5.75 Å². The summed E-state index contributed by atoms with van der Waals surface area (Å²) in [5.41, 5.74) is 3.50. The van der Waals surface area contributed by atoms with E-state index in [9.17, 15) is 9.59 Å². The van der Waals surface area contributed by atoms with Gasteiger partial charge in [0.05, 0.1) is 13.5 Å². The van der Waals surface area contributed by atoms with Gasteiger partial charge in [0.1, 0.15) is 5.75 Å². The molecule has 5 nitrogen and oxygen atoms in total. The van der Waals surface area contributed by atoms with Gasteiger partial charge in [0, 0.05) is 22.5 Å². The number of hydrogen-bond acceptors (Lipinski definition) is 3. The van der Waals surface area contributed by atoms with Crippen LogP contribution in [0.4, 0.5) is 11.4 Å². The Morgan fingerprint density at radius 3 is 2.18 bits per heavy atom. The number of hydrogen-bond donors (Lipinski definition) is 2. The number of benzene rings is 3. The molecule has 0 saturated carbocycles. The van der Waals surface area contributed by atoms with E-state index < -0.39 is 0 Å². The average Bonchev–Trinajstić information content (AvgIpc) is 2.72. The van der Waals surface area contributed by atoms with E-state index in [4.69, 9.17) is 4.74 Å². The summed E-state index contributed by atoms with van der Waals surface area (Å²) in [4.78, 5) is 24.9. The van der Waals surface area contributed by atoms with Gasteiger partial charge in [-0.25, -0.2) is 0 Å². The van der Waals surface area contributed by atoms with Gasteiger partial charge in [-0.3, -0.25) is 9.59 Å². The van der Waals surface area contributed by atoms with Crippen molar-refractivity contribution < 1.29 is 14.3 Å². The van der Waals surface area contributed by atoms with E-state index in [0.717, 1.165) is 11.1 Å². The van der Waals surface area contributed by atoms with Gasteiger partial charge in [-0.15, -0.1) is 0 Å². The van der Waals surface area contributed by atoms with Gasteiger partial charge >= 0.3 is 0 Å². The second kappa shape index (κ2) is 8.86. The van der Waals surface area contributed by atoms with E-state index in [0.29, 0.717) is 22.7 Å². The molecule has 0 heterocycles. The molecule has 2 amide bonds. The van der Waals surface area contributed by atoms with Crippen LogP contribution in [0.1, 0.15) is 21.5 Å². The Bertz CT molecular complexity index is 984. The first-order valence-corrected chi connectivity index (χ1v) is 8.96. The van der Waals surface area contributed by atoms with Crippen LogP contribution in [0.15, 0.2) is 72.8 Å². The highest BCUT2D eigenvalue weighted by Crippen LogP contribution is 2.25. The number of amides is 2. The van der Waals surface area contributed by atoms with E-state index >= 15 is 0 Å². The van der Waals surface area contributed by atoms with E-state index in [1.165, 1.54) is 0 Å². The maximum Gasteiger partial charge on any atom is 0.255 e. The Balaban J connectivity index is 1.72. The molecule has 0 radical (unpaired) electrons. The van der Waals surface area contributed by atoms with Gasteiger partial charge in [0.15, 0.2) is 0 Å². The summed E-state index contributed by atoms with van der Waals surface area (Å²) < 4.78 is 5.30. The number of carbonyl (C=O) groups is 2. The third-order valence-corrected chi connectivity index (χ3v) is 4.44. The SMILES string of the molecule is COc1ccccc1CC(=O)Nc1cccc(NC(=O)c2ccccc2)c1C. The summed E-state index contributed by atoms with van der Waals surface area (Å²) in [5.74, 6) is 0.332. The van der Waals surface area contributed by atoms with Crippen molar-refractivity contribution in [3.63, 3.8) is 0 Å². The van der Waals surface area contributed by atoms with Crippen molar-refractivity contribution >= 4 is 23.2 Å². The van der Waals surface area contributed by atoms with Crippen LogP contribution in [0, 0.1) is 6.92 Å². The zero-order valence-corrected chi connectivity index (χ0v) is 15.9. The topological polar surface area (TPSA) is 67.4 Å². The largest absolute Gasteiger partial charge is 0.496 e. The molecule has 0 atom stereocenters. The molecular weight excluding hydrogens is 352 g/mol. The van der Waals surface area contributed by atoms with Crippen LogP contribution < -0.4 is 15.4 Å². The smallest absolute Gasteiger partial charge is 0.255 e. The second-order valence-corrected chi connectivity index (χ2v) is 6.34. The van der Waals surface area contributed by atoms with Crippen molar-refractivity contribution in [3.8, 4) is 5.75 Å². The summed E-state index contributed by atoms with van der Waals surface area (Å²) in [7, 11) is 1.58. The molecule has 0 bridgehead atoms. The second-order valence-electron chi connectivity index (χ2n) is 6.34. The van der Waals surface area contributed by atoms with Crippen molar-refractivity contribution in [1.82, 2.24) is 0 Å². The van der Waals surface area contributed by atoms with Crippen LogP contribution in [0.25, 0.3) is 0 Å². The number of para-hydroxylation sites is 1. The van der Waals surface area contributed by atoms with Crippen molar-refractivity contribution in [2.45, 2.75) is 13.3 Å². The van der Waals surface area contributed by atoms with Crippen molar-refractivity contribution in [3.05, 3.63) is 89.5 Å². The zero-order chi connectivity index (χ0) is 19.9. The van der Waals surface area contributed by atoms with Gasteiger partial charge in [0.25, 0.3) is 5.91 Å². The van der Waals surface area contributed by atoms with E-state index in [1.807, 2.05) is 61.5 Å². The lowest BCUT2D eigenvalue weighted by atomic mass is 10.1. The highest BCUT2D eigenvalue weighted by Gasteiger charge is 2.13. The van der Waals surface area contributed by atoms with E-state index in [2.05, 4.69) is 10.6 Å². The number of methoxy groups -OCH3 is 1. The van der Waals surface area contributed by atoms with Crippen LogP contribution in [-0.4, -0.2) is 18.9 Å². The van der Waals surface area contributed by atoms with Crippen LogP contribution in [0.2, 0.25) is 0 Å². The number of anilines is 2. The van der Waals surface area contributed by atoms with E-state index in [1.54, 1.807) is 25.3 Å². The lowest BCUT2D eigenvalue weighted by Gasteiger charge is -2.14. The molecule has 3 rings (SSSR count). The molecule has 0 aliphatic carbocycles. The summed E-state index contributed by atoms with van der Waals surface area (Å²) in [6.07, 6.45) is 0.198. The zero-order valence-electron chi connectivity index (χ0n) is 15.9. The van der Waals surface area contributed by atoms with Gasteiger partial charge in [-0.05, 0) is 42.8 Å². The lowest BCUT2D eigenvalue weighted by Crippen LogP contribution is -2.17. The molecular formula is C23H22N2O3. The quantitative estimate of drug-likeness (QED) is 0.670. The number of rotatable bonds is 6. The molecule has 0 saturated heterocycles. The Morgan fingerprint density at radius 2 is 1.46 bits per heavy atom. The predicted octanol–water partition coefficient (Wildman–Crippen LogP) is 4.44. The Morgan fingerprint density at radius 1 is 0.821 bits per heavy atom. The van der Waals surface area contributed by atoms with Crippen molar-refractivity contribution in [2.24, 2.45) is 0 Å². The molecule has 0 aliphatic heterocycles. The summed E-state index contributed by atoms with van der Waals surface area (Å²) in [6, 6.07) is 21.8. The van der Waals surface area contributed by atoms with Crippen molar-refractivity contribution in [1.29, 1.82) is 0 Å². The predicted molar refractivity (Wildman–Crippen MR) is 111 cm³/mol. The molecule has 0 spiro atoms. The minimum atomic E-state index is -0.193. The number of ether oxygens (including phenoxy) is 1. The van der Waals surface area contributed by atoms with Gasteiger partial charge in [0.2, 0.25) is 5.91 Å². The molecule has 3 aromatic carbocycles. The number of nitrogens with one attached hydrogen (secondary N) is 2. The summed E-state index contributed by atoms with van der Waals surface area (Å²) in [5, 5.41) is 5.82. The lowest BCUT2D eigenvalue weighted by molar-refractivity contribution is -0.115. The Hall–Kier alpha value is -3.60. The highest BCUT2D eigenvalue weighted by molar-refractivity contribution is 6.05. The van der Waals surface area contributed by atoms with Crippen LogP contribution >= 0.6 is 0 Å². The molecule has 142 valence electrons. The summed E-state index contributed by atoms with van der Waals surface area (Å²) in [6.45, 7) is 1.86. The standard InChI is InChI=1S/C23H22N2O3/c1-16-19(24-22(26)15-18-11-6-7-14-21(18)28-2)12-8-13-20(16)25-23(27)17-9-4-3-5-10-17/h3-14H,15H2,1-2H3,(H,24,26)(H,25,27). The molecule has 0 aliphatic rings. The van der Waals surface area contributed by atoms with Crippen LogP contribution in [-0.2, 0) is 11.2 Å². The molecule has 0 unspecified atom stereocenters. The highest BCUT2D eigenvalue weighted by atomic mass is 16.5. The minimum Gasteiger partial charge on any atom is -0.496 e. The Labute approximate surface area is 164 Å². The maximum absolute atomic E-state index is 12.5. The van der Waals surface area contributed by atoms with E-state index in [-0.39, 0.29) is 18.2 Å². The normalized spacial score (nSPS) is 10.2. The molecule has 5 heteroatoms. The fourth-order valence-corrected chi connectivity index (χ4v) is 2.91. The first kappa shape index (κ1) is 19.2. The fraction of sp³-hybridized carbons (Fsp3) is 0.130. The van der Waals surface area contributed by atoms with Crippen LogP contribution in [0.3, 0.4) is 0 Å². The minimum absolute atomic E-state index is 0.154. The first-order valence-electron chi connectivity index (χ1n) is 8.96. The molecule has 2 N–H and O–H groups in total. The molecule has 0 fully saturated rings. The monoisotopic (exact) mass is 374 g/mol. The fourth-order valence-electron chi connectivity index (χ4n) is 2.91. The molecule has 3 aromatic rings.